The van der Waals surface area contributed by atoms with Gasteiger partial charge in [0.05, 0.1) is 4.90 Å². The minimum absolute atomic E-state index is 0.0350. The fraction of sp³-hybridized carbons (Fsp3) is 0.125. The Kier molecular flexibility index (Phi) is 1.83. The van der Waals surface area contributed by atoms with Crippen LogP contribution in [0.4, 0.5) is 0 Å². The number of nitrogens with two attached hydrogens (primary N) is 1. The molecule has 74 valence electrons. The third-order valence-corrected chi connectivity index (χ3v) is 3.00. The van der Waals surface area contributed by atoms with Crippen LogP contribution in [0.5, 0.6) is 0 Å². The van der Waals surface area contributed by atoms with Gasteiger partial charge in [-0.05, 0) is 23.8 Å². The molecule has 0 aromatic heterocycles. The summed E-state index contributed by atoms with van der Waals surface area (Å²) >= 11 is 0. The summed E-state index contributed by atoms with van der Waals surface area (Å²) in [5.41, 5.74) is 1.18. The van der Waals surface area contributed by atoms with Crippen molar-refractivity contribution in [3.63, 3.8) is 0 Å². The van der Waals surface area contributed by atoms with E-state index in [4.69, 9.17) is 5.14 Å². The van der Waals surface area contributed by atoms with Gasteiger partial charge in [0.1, 0.15) is 0 Å². The number of rotatable bonds is 1. The van der Waals surface area contributed by atoms with Crippen LogP contribution >= 0.6 is 0 Å². The van der Waals surface area contributed by atoms with E-state index < -0.39 is 10.0 Å². The molecule has 5 nitrogen and oxygen atoms in total. The highest BCUT2D eigenvalue weighted by atomic mass is 32.2. The maximum absolute atomic E-state index is 11.1. The van der Waals surface area contributed by atoms with Crippen LogP contribution in [0.15, 0.2) is 23.1 Å². The van der Waals surface area contributed by atoms with Crippen molar-refractivity contribution < 1.29 is 13.2 Å². The van der Waals surface area contributed by atoms with Crippen molar-refractivity contribution in [2.45, 2.75) is 11.4 Å². The lowest BCUT2D eigenvalue weighted by Crippen LogP contribution is -2.12. The van der Waals surface area contributed by atoms with Gasteiger partial charge in [-0.25, -0.2) is 13.6 Å². The number of fused-ring (bicyclic) bond motifs is 1. The second-order valence-electron chi connectivity index (χ2n) is 3.05. The first-order valence-corrected chi connectivity index (χ1v) is 5.47. The van der Waals surface area contributed by atoms with E-state index in [0.717, 1.165) is 0 Å². The lowest BCUT2D eigenvalue weighted by molar-refractivity contribution is 0.0965. The first-order chi connectivity index (χ1) is 6.48. The number of sulfonamides is 1. The largest absolute Gasteiger partial charge is 0.348 e. The summed E-state index contributed by atoms with van der Waals surface area (Å²) in [7, 11) is -3.68. The zero-order chi connectivity index (χ0) is 10.3. The molecule has 0 bridgehead atoms. The SMILES string of the molecule is NS(=O)(=O)c1ccc2c(c1)CNC2=O. The van der Waals surface area contributed by atoms with Crippen molar-refractivity contribution in [3.8, 4) is 0 Å². The average Bonchev–Trinajstić information content (AvgIpc) is 2.46. The topological polar surface area (TPSA) is 89.3 Å². The van der Waals surface area contributed by atoms with Crippen molar-refractivity contribution >= 4 is 15.9 Å². The minimum Gasteiger partial charge on any atom is -0.348 e. The number of benzene rings is 1. The summed E-state index contributed by atoms with van der Waals surface area (Å²) in [6.45, 7) is 0.359. The van der Waals surface area contributed by atoms with Crippen molar-refractivity contribution in [3.05, 3.63) is 29.3 Å². The van der Waals surface area contributed by atoms with Crippen LogP contribution in [0.3, 0.4) is 0 Å². The second kappa shape index (κ2) is 2.79. The molecule has 14 heavy (non-hydrogen) atoms. The molecule has 0 spiro atoms. The monoisotopic (exact) mass is 212 g/mol. The van der Waals surface area contributed by atoms with Crippen molar-refractivity contribution in [1.82, 2.24) is 5.32 Å². The molecule has 1 heterocycles. The van der Waals surface area contributed by atoms with E-state index in [-0.39, 0.29) is 10.8 Å². The molecule has 1 aliphatic rings. The molecule has 6 heteroatoms. The normalized spacial score (nSPS) is 15.1. The van der Waals surface area contributed by atoms with Gasteiger partial charge >= 0.3 is 0 Å². The summed E-state index contributed by atoms with van der Waals surface area (Å²) < 4.78 is 22.0. The van der Waals surface area contributed by atoms with Gasteiger partial charge in [-0.1, -0.05) is 0 Å². The fourth-order valence-corrected chi connectivity index (χ4v) is 1.95. The lowest BCUT2D eigenvalue weighted by Gasteiger charge is -1.99. The second-order valence-corrected chi connectivity index (χ2v) is 4.61. The van der Waals surface area contributed by atoms with Gasteiger partial charge in [0.25, 0.3) is 5.91 Å². The van der Waals surface area contributed by atoms with Crippen molar-refractivity contribution in [1.29, 1.82) is 0 Å². The smallest absolute Gasteiger partial charge is 0.251 e. The van der Waals surface area contributed by atoms with Crippen LogP contribution in [0, 0.1) is 0 Å². The van der Waals surface area contributed by atoms with Crippen LogP contribution < -0.4 is 10.5 Å². The Labute approximate surface area is 81.0 Å². The van der Waals surface area contributed by atoms with Crippen LogP contribution in [-0.4, -0.2) is 14.3 Å². The van der Waals surface area contributed by atoms with Gasteiger partial charge in [-0.2, -0.15) is 0 Å². The molecule has 0 atom stereocenters. The molecule has 1 amide bonds. The Morgan fingerprint density at radius 3 is 2.71 bits per heavy atom. The molecular formula is C8H8N2O3S. The number of amides is 1. The summed E-state index contributed by atoms with van der Waals surface area (Å²) in [4.78, 5) is 11.2. The van der Waals surface area contributed by atoms with Crippen LogP contribution in [0.25, 0.3) is 0 Å². The molecule has 1 aromatic carbocycles. The Morgan fingerprint density at radius 2 is 2.07 bits per heavy atom. The van der Waals surface area contributed by atoms with Crippen LogP contribution in [0.1, 0.15) is 15.9 Å². The van der Waals surface area contributed by atoms with Crippen molar-refractivity contribution in [2.75, 3.05) is 0 Å². The highest BCUT2D eigenvalue weighted by Crippen LogP contribution is 2.18. The Balaban J connectivity index is 2.58. The lowest BCUT2D eigenvalue weighted by atomic mass is 10.1. The third kappa shape index (κ3) is 1.38. The van der Waals surface area contributed by atoms with E-state index in [9.17, 15) is 13.2 Å². The molecular weight excluding hydrogens is 204 g/mol. The molecule has 2 rings (SSSR count). The van der Waals surface area contributed by atoms with E-state index in [1.807, 2.05) is 0 Å². The molecule has 0 radical (unpaired) electrons. The molecule has 3 N–H and O–H groups in total. The predicted octanol–water partition coefficient (Wildman–Crippen LogP) is -0.423. The molecule has 0 saturated carbocycles. The van der Waals surface area contributed by atoms with Crippen LogP contribution in [0.2, 0.25) is 0 Å². The number of carbonyl (C=O) groups excluding carboxylic acids is 1. The zero-order valence-electron chi connectivity index (χ0n) is 7.15. The highest BCUT2D eigenvalue weighted by molar-refractivity contribution is 7.89. The van der Waals surface area contributed by atoms with E-state index in [2.05, 4.69) is 5.32 Å². The number of hydrogen-bond acceptors (Lipinski definition) is 3. The zero-order valence-corrected chi connectivity index (χ0v) is 7.97. The number of carbonyl (C=O) groups is 1. The van der Waals surface area contributed by atoms with E-state index in [1.165, 1.54) is 18.2 Å². The summed E-state index contributed by atoms with van der Waals surface area (Å²) in [5, 5.41) is 7.54. The summed E-state index contributed by atoms with van der Waals surface area (Å²) in [6, 6.07) is 4.22. The van der Waals surface area contributed by atoms with Gasteiger partial charge in [0.2, 0.25) is 10.0 Å². The first-order valence-electron chi connectivity index (χ1n) is 3.92. The molecule has 1 aliphatic heterocycles. The summed E-state index contributed by atoms with van der Waals surface area (Å²) in [5.74, 6) is -0.180. The Morgan fingerprint density at radius 1 is 1.36 bits per heavy atom. The predicted molar refractivity (Wildman–Crippen MR) is 49.0 cm³/mol. The standard InChI is InChI=1S/C8H8N2O3S/c9-14(12,13)6-1-2-7-5(3-6)4-10-8(7)11/h1-3H,4H2,(H,10,11)(H2,9,12,13). The van der Waals surface area contributed by atoms with Gasteiger partial charge in [0, 0.05) is 12.1 Å². The van der Waals surface area contributed by atoms with E-state index in [0.29, 0.717) is 17.7 Å². The van der Waals surface area contributed by atoms with Crippen LogP contribution in [-0.2, 0) is 16.6 Å². The van der Waals surface area contributed by atoms with Gasteiger partial charge in [-0.15, -0.1) is 0 Å². The number of hydrogen-bond donors (Lipinski definition) is 2. The minimum atomic E-state index is -3.68. The quantitative estimate of drug-likeness (QED) is 0.662. The van der Waals surface area contributed by atoms with Gasteiger partial charge in [-0.3, -0.25) is 4.79 Å². The average molecular weight is 212 g/mol. The Hall–Kier alpha value is -1.40. The molecule has 1 aromatic rings. The third-order valence-electron chi connectivity index (χ3n) is 2.09. The Bertz CT molecular complexity index is 507. The molecule has 0 fully saturated rings. The van der Waals surface area contributed by atoms with E-state index in [1.54, 1.807) is 0 Å². The summed E-state index contributed by atoms with van der Waals surface area (Å²) in [6.07, 6.45) is 0. The molecule has 0 saturated heterocycles. The fourth-order valence-electron chi connectivity index (χ4n) is 1.39. The number of nitrogens with one attached hydrogen (secondary N) is 1. The molecule has 0 aliphatic carbocycles. The maximum atomic E-state index is 11.1. The first kappa shape index (κ1) is 9.17. The highest BCUT2D eigenvalue weighted by Gasteiger charge is 2.20. The maximum Gasteiger partial charge on any atom is 0.251 e. The van der Waals surface area contributed by atoms with Crippen molar-refractivity contribution in [2.24, 2.45) is 5.14 Å². The van der Waals surface area contributed by atoms with Gasteiger partial charge < -0.3 is 5.32 Å². The van der Waals surface area contributed by atoms with E-state index >= 15 is 0 Å². The van der Waals surface area contributed by atoms with Gasteiger partial charge in [0.15, 0.2) is 0 Å². The molecule has 0 unspecified atom stereocenters. The number of primary sulfonamides is 1.